The molecular formula is C84H53BN4O. The first-order valence-corrected chi connectivity index (χ1v) is 28.9. The number of para-hydroxylation sites is 6. The maximum atomic E-state index is 9.83. The Kier molecular flexibility index (Phi) is 6.87. The lowest BCUT2D eigenvalue weighted by Crippen LogP contribution is -2.61. The average Bonchev–Trinajstić information content (AvgIpc) is 1.20. The highest BCUT2D eigenvalue weighted by molar-refractivity contribution is 7.00. The largest absolute Gasteiger partial charge is 0.452 e. The molecule has 418 valence electrons. The lowest BCUT2D eigenvalue weighted by atomic mass is 9.33. The monoisotopic (exact) mass is 1170 g/mol. The van der Waals surface area contributed by atoms with Gasteiger partial charge in [0.25, 0.3) is 6.71 Å². The number of fused-ring (bicyclic) bond motifs is 13. The molecule has 19 rings (SSSR count). The van der Waals surface area contributed by atoms with E-state index in [2.05, 4.69) is 0 Å². The van der Waals surface area contributed by atoms with Crippen LogP contribution in [0.5, 0.6) is 0 Å². The summed E-state index contributed by atoms with van der Waals surface area (Å²) in [6.07, 6.45) is 0. The Labute approximate surface area is 557 Å². The molecule has 0 N–H and O–H groups in total. The van der Waals surface area contributed by atoms with Crippen LogP contribution in [0.15, 0.2) is 325 Å². The van der Waals surface area contributed by atoms with Crippen molar-refractivity contribution in [3.05, 3.63) is 321 Å². The van der Waals surface area contributed by atoms with Gasteiger partial charge in [0.15, 0.2) is 11.2 Å². The topological polar surface area (TPSA) is 29.5 Å². The molecule has 17 aromatic rings. The maximum Gasteiger partial charge on any atom is 0.252 e. The third-order valence-electron chi connectivity index (χ3n) is 17.3. The van der Waals surface area contributed by atoms with Gasteiger partial charge in [0.05, 0.1) is 69.1 Å². The summed E-state index contributed by atoms with van der Waals surface area (Å²) in [6, 6.07) is 33.0. The molecule has 0 saturated heterocycles. The second-order valence-corrected chi connectivity index (χ2v) is 22.0. The first-order valence-electron chi connectivity index (χ1n) is 41.9. The molecule has 6 heteroatoms. The molecule has 14 aromatic carbocycles. The molecular weight excluding hydrogens is 1090 g/mol. The van der Waals surface area contributed by atoms with Crippen molar-refractivity contribution in [2.75, 3.05) is 9.80 Å². The van der Waals surface area contributed by atoms with Crippen LogP contribution in [0.25, 0.3) is 121 Å². The van der Waals surface area contributed by atoms with E-state index in [0.29, 0.717) is 55.3 Å². The van der Waals surface area contributed by atoms with Gasteiger partial charge < -0.3 is 23.4 Å². The lowest BCUT2D eigenvalue weighted by Gasteiger charge is -2.44. The summed E-state index contributed by atoms with van der Waals surface area (Å²) < 4.78 is 250. The van der Waals surface area contributed by atoms with E-state index in [0.717, 1.165) is 11.1 Å². The number of hydrogen-bond acceptors (Lipinski definition) is 3. The molecule has 0 atom stereocenters. The Morgan fingerprint density at radius 2 is 0.711 bits per heavy atom. The fourth-order valence-corrected chi connectivity index (χ4v) is 13.6. The molecule has 0 aliphatic carbocycles. The van der Waals surface area contributed by atoms with E-state index in [1.807, 2.05) is 88.7 Å². The van der Waals surface area contributed by atoms with Crippen LogP contribution >= 0.6 is 0 Å². The van der Waals surface area contributed by atoms with E-state index < -0.39 is 164 Å². The fourth-order valence-electron chi connectivity index (χ4n) is 13.6. The van der Waals surface area contributed by atoms with Crippen molar-refractivity contribution in [1.29, 1.82) is 0 Å². The van der Waals surface area contributed by atoms with Gasteiger partial charge in [-0.3, -0.25) is 0 Å². The highest BCUT2D eigenvalue weighted by Gasteiger charge is 2.45. The first-order chi connectivity index (χ1) is 55.4. The Morgan fingerprint density at radius 3 is 1.28 bits per heavy atom. The summed E-state index contributed by atoms with van der Waals surface area (Å²) in [6.45, 7) is -1.01. The van der Waals surface area contributed by atoms with Crippen LogP contribution < -0.4 is 26.2 Å². The van der Waals surface area contributed by atoms with Crippen LogP contribution in [0.1, 0.15) is 35.6 Å². The summed E-state index contributed by atoms with van der Waals surface area (Å²) in [5.74, 6) is 0. The SMILES string of the molecule is [2H]c1c([2H])c([2H])c(-c2ccc3c(c2)N(c2cccc4c2oc2c(-n5c6c([2H])c([2H])c([2H])c([2H])c6c6c([2H])c([2H])c([2H])c([2H])c65)cccc24)c2cc(-c4c([2H])c([2H])c([2H])c([2H])c4[2H])cc4c2B3c2ccc(-n3c5c([2H])c([2H])c([2H])c([2H])c5c5c([2H])c([2H])c([2H])c([2H])c53)cc2N4c2cc(-c3ccccc3)cc(-c3ccccc3)c2)c([2H])c1[2H]. The minimum absolute atomic E-state index is 0.0470. The second-order valence-electron chi connectivity index (χ2n) is 22.0. The van der Waals surface area contributed by atoms with E-state index in [4.69, 9.17) is 20.9 Å². The van der Waals surface area contributed by atoms with Gasteiger partial charge in [-0.2, -0.15) is 0 Å². The van der Waals surface area contributed by atoms with E-state index in [-0.39, 0.29) is 105 Å². The molecule has 90 heavy (non-hydrogen) atoms. The van der Waals surface area contributed by atoms with Crippen LogP contribution in [-0.4, -0.2) is 15.8 Å². The normalized spacial score (nSPS) is 16.6. The zero-order valence-electron chi connectivity index (χ0n) is 72.9. The minimum Gasteiger partial charge on any atom is -0.452 e. The van der Waals surface area contributed by atoms with Crippen molar-refractivity contribution in [3.63, 3.8) is 0 Å². The standard InChI is InChI=1S/C84H53BN4O/c1-5-23-54(24-6-1)58-43-45-70-78(50-58)89(77-42-22-36-69-68-35-21-41-76(83(68)90-84(69)77)88-74-39-19-15-33-66(74)67-34-16-20-40-75(67)88)81-52-61(57-29-11-4-12-30-57)51-80-82(81)85(70)71-46-44-62(86-72-37-17-13-31-64(72)65-32-14-18-38-73(65)86)53-79(71)87(80)63-48-59(55-25-7-2-8-26-55)47-60(49-63)56-27-9-3-10-28-56/h1-53H/i1D,4D,5D,6D,11D,12D,13D,14D,15D,16D,17D,18D,19D,20D,23D,24D,29D,30D,31D,32D,33D,34D,37D,38D,39D,40D. The van der Waals surface area contributed by atoms with Gasteiger partial charge in [-0.05, 0) is 146 Å². The second kappa shape index (κ2) is 19.8. The number of rotatable bonds is 8. The van der Waals surface area contributed by atoms with Gasteiger partial charge in [-0.1, -0.05) is 236 Å². The van der Waals surface area contributed by atoms with Gasteiger partial charge in [0.2, 0.25) is 0 Å². The van der Waals surface area contributed by atoms with Gasteiger partial charge in [0, 0.05) is 66.4 Å². The Morgan fingerprint density at radius 1 is 0.267 bits per heavy atom. The predicted octanol–water partition coefficient (Wildman–Crippen LogP) is 20.5. The van der Waals surface area contributed by atoms with Gasteiger partial charge >= 0.3 is 0 Å². The number of furan rings is 1. The Hall–Kier alpha value is -11.9. The lowest BCUT2D eigenvalue weighted by molar-refractivity contribution is 0.666. The van der Waals surface area contributed by atoms with E-state index in [9.17, 15) is 19.2 Å². The fraction of sp³-hybridized carbons (Fsp3) is 0. The Balaban J connectivity index is 0.990. The molecule has 0 amide bonds. The van der Waals surface area contributed by atoms with Gasteiger partial charge in [-0.25, -0.2) is 0 Å². The summed E-state index contributed by atoms with van der Waals surface area (Å²) in [5, 5.41) is 0.0808. The quantitative estimate of drug-likeness (QED) is 0.142. The molecule has 0 spiro atoms. The van der Waals surface area contributed by atoms with Crippen molar-refractivity contribution < 1.29 is 40.1 Å². The highest BCUT2D eigenvalue weighted by Crippen LogP contribution is 2.51. The van der Waals surface area contributed by atoms with Crippen molar-refractivity contribution >= 4 is 123 Å². The molecule has 0 saturated carbocycles. The van der Waals surface area contributed by atoms with E-state index in [1.54, 1.807) is 84.9 Å². The van der Waals surface area contributed by atoms with Gasteiger partial charge in [0.1, 0.15) is 0 Å². The first kappa shape index (κ1) is 31.2. The van der Waals surface area contributed by atoms with Crippen LogP contribution in [0, 0.1) is 0 Å². The van der Waals surface area contributed by atoms with Crippen molar-refractivity contribution in [1.82, 2.24) is 9.13 Å². The van der Waals surface area contributed by atoms with Crippen molar-refractivity contribution in [3.8, 4) is 55.9 Å². The maximum absolute atomic E-state index is 9.83. The molecule has 0 fully saturated rings. The smallest absolute Gasteiger partial charge is 0.252 e. The van der Waals surface area contributed by atoms with Crippen molar-refractivity contribution in [2.24, 2.45) is 0 Å². The molecule has 5 heterocycles. The van der Waals surface area contributed by atoms with Crippen LogP contribution in [0.2, 0.25) is 0 Å². The number of hydrogen-bond donors (Lipinski definition) is 0. The summed E-state index contributed by atoms with van der Waals surface area (Å²) in [5.41, 5.74) is 5.67. The zero-order valence-corrected chi connectivity index (χ0v) is 46.9. The van der Waals surface area contributed by atoms with Crippen molar-refractivity contribution in [2.45, 2.75) is 0 Å². The highest BCUT2D eigenvalue weighted by atomic mass is 16.3. The van der Waals surface area contributed by atoms with Crippen LogP contribution in [-0.2, 0) is 0 Å². The molecule has 0 unspecified atom stereocenters. The van der Waals surface area contributed by atoms with Gasteiger partial charge in [-0.15, -0.1) is 0 Å². The number of aromatic nitrogens is 2. The summed E-state index contributed by atoms with van der Waals surface area (Å²) >= 11 is 0. The molecule has 0 bridgehead atoms. The number of nitrogens with zero attached hydrogens (tertiary/aromatic N) is 4. The van der Waals surface area contributed by atoms with Crippen LogP contribution in [0.4, 0.5) is 34.1 Å². The minimum atomic E-state index is -1.01. The summed E-state index contributed by atoms with van der Waals surface area (Å²) in [7, 11) is 0. The molecule has 5 nitrogen and oxygen atoms in total. The third-order valence-corrected chi connectivity index (χ3v) is 17.3. The molecule has 3 aromatic heterocycles. The predicted molar refractivity (Wildman–Crippen MR) is 378 cm³/mol. The number of benzene rings is 14. The third kappa shape index (κ3) is 7.58. The van der Waals surface area contributed by atoms with Crippen LogP contribution in [0.3, 0.4) is 0 Å². The van der Waals surface area contributed by atoms with E-state index in [1.165, 1.54) is 9.13 Å². The zero-order chi connectivity index (χ0) is 81.6. The summed E-state index contributed by atoms with van der Waals surface area (Å²) in [4.78, 5) is 3.74. The molecule has 2 aliphatic heterocycles. The number of anilines is 6. The Bertz CT molecular complexity index is 7120. The average molecular weight is 1170 g/mol. The molecule has 0 radical (unpaired) electrons. The molecule has 2 aliphatic rings. The van der Waals surface area contributed by atoms with E-state index >= 15 is 0 Å².